The minimum absolute atomic E-state index is 0.0151. The van der Waals surface area contributed by atoms with E-state index in [9.17, 15) is 9.59 Å². The van der Waals surface area contributed by atoms with Crippen LogP contribution in [-0.2, 0) is 11.3 Å². The largest absolute Gasteiger partial charge is 0.478 e. The SMILES string of the molecule is CCNC(=O)CN(CC)Cc1cccc(C(=O)O)c1. The Morgan fingerprint density at radius 2 is 2.05 bits per heavy atom. The monoisotopic (exact) mass is 264 g/mol. The van der Waals surface area contributed by atoms with Crippen molar-refractivity contribution in [3.63, 3.8) is 0 Å². The molecule has 104 valence electrons. The van der Waals surface area contributed by atoms with Crippen LogP contribution < -0.4 is 5.32 Å². The standard InChI is InChI=1S/C14H20N2O3/c1-3-15-13(17)10-16(4-2)9-11-6-5-7-12(8-11)14(18)19/h5-8H,3-4,9-10H2,1-2H3,(H,15,17)(H,18,19). The van der Waals surface area contributed by atoms with E-state index in [4.69, 9.17) is 5.11 Å². The Balaban J connectivity index is 2.67. The third-order valence-electron chi connectivity index (χ3n) is 2.77. The maximum Gasteiger partial charge on any atom is 0.335 e. The summed E-state index contributed by atoms with van der Waals surface area (Å²) in [7, 11) is 0. The molecule has 2 N–H and O–H groups in total. The van der Waals surface area contributed by atoms with Gasteiger partial charge >= 0.3 is 5.97 Å². The van der Waals surface area contributed by atoms with E-state index in [-0.39, 0.29) is 11.5 Å². The lowest BCUT2D eigenvalue weighted by Gasteiger charge is -2.19. The highest BCUT2D eigenvalue weighted by molar-refractivity contribution is 5.87. The van der Waals surface area contributed by atoms with E-state index >= 15 is 0 Å². The van der Waals surface area contributed by atoms with Crippen LogP contribution in [0.3, 0.4) is 0 Å². The number of likely N-dealkylation sites (N-methyl/N-ethyl adjacent to an activating group) is 2. The number of hydrogen-bond donors (Lipinski definition) is 2. The van der Waals surface area contributed by atoms with Crippen molar-refractivity contribution in [3.8, 4) is 0 Å². The highest BCUT2D eigenvalue weighted by Crippen LogP contribution is 2.08. The lowest BCUT2D eigenvalue weighted by molar-refractivity contribution is -0.122. The summed E-state index contributed by atoms with van der Waals surface area (Å²) in [4.78, 5) is 24.4. The summed E-state index contributed by atoms with van der Waals surface area (Å²) in [5, 5.41) is 11.7. The van der Waals surface area contributed by atoms with Crippen molar-refractivity contribution in [1.82, 2.24) is 10.2 Å². The number of carbonyl (C=O) groups is 2. The fraction of sp³-hybridized carbons (Fsp3) is 0.429. The van der Waals surface area contributed by atoms with Crippen LogP contribution in [0.4, 0.5) is 0 Å². The quantitative estimate of drug-likeness (QED) is 0.780. The fourth-order valence-electron chi connectivity index (χ4n) is 1.80. The van der Waals surface area contributed by atoms with Crippen molar-refractivity contribution >= 4 is 11.9 Å². The molecule has 1 amide bonds. The van der Waals surface area contributed by atoms with Crippen LogP contribution in [0, 0.1) is 0 Å². The molecule has 0 bridgehead atoms. The van der Waals surface area contributed by atoms with E-state index in [0.717, 1.165) is 12.1 Å². The molecule has 1 aromatic carbocycles. The summed E-state index contributed by atoms with van der Waals surface area (Å²) in [5.74, 6) is -0.952. The van der Waals surface area contributed by atoms with E-state index in [0.29, 0.717) is 19.6 Å². The van der Waals surface area contributed by atoms with E-state index < -0.39 is 5.97 Å². The lowest BCUT2D eigenvalue weighted by Crippen LogP contribution is -2.36. The van der Waals surface area contributed by atoms with Crippen molar-refractivity contribution in [2.45, 2.75) is 20.4 Å². The molecule has 5 heteroatoms. The molecule has 19 heavy (non-hydrogen) atoms. The van der Waals surface area contributed by atoms with Crippen LogP contribution in [0.2, 0.25) is 0 Å². The highest BCUT2D eigenvalue weighted by Gasteiger charge is 2.10. The van der Waals surface area contributed by atoms with E-state index in [1.807, 2.05) is 24.8 Å². The number of amides is 1. The van der Waals surface area contributed by atoms with Gasteiger partial charge in [0, 0.05) is 13.1 Å². The zero-order chi connectivity index (χ0) is 14.3. The topological polar surface area (TPSA) is 69.6 Å². The average molecular weight is 264 g/mol. The van der Waals surface area contributed by atoms with Crippen LogP contribution in [0.1, 0.15) is 29.8 Å². The maximum atomic E-state index is 11.5. The van der Waals surface area contributed by atoms with Gasteiger partial charge in [-0.1, -0.05) is 19.1 Å². The van der Waals surface area contributed by atoms with Gasteiger partial charge in [0.25, 0.3) is 0 Å². The summed E-state index contributed by atoms with van der Waals surface area (Å²) in [6, 6.07) is 6.79. The first-order valence-electron chi connectivity index (χ1n) is 6.38. The van der Waals surface area contributed by atoms with Crippen molar-refractivity contribution in [1.29, 1.82) is 0 Å². The predicted molar refractivity (Wildman–Crippen MR) is 73.0 cm³/mol. The van der Waals surface area contributed by atoms with Gasteiger partial charge in [0.05, 0.1) is 12.1 Å². The summed E-state index contributed by atoms with van der Waals surface area (Å²) >= 11 is 0. The molecule has 0 aliphatic heterocycles. The number of nitrogens with one attached hydrogen (secondary N) is 1. The predicted octanol–water partition coefficient (Wildman–Crippen LogP) is 1.34. The van der Waals surface area contributed by atoms with Crippen LogP contribution in [0.25, 0.3) is 0 Å². The molecule has 0 heterocycles. The first-order valence-corrected chi connectivity index (χ1v) is 6.38. The second-order valence-corrected chi connectivity index (χ2v) is 4.26. The Kier molecular flexibility index (Phi) is 6.02. The van der Waals surface area contributed by atoms with Crippen molar-refractivity contribution in [3.05, 3.63) is 35.4 Å². The number of aromatic carboxylic acids is 1. The molecular weight excluding hydrogens is 244 g/mol. The van der Waals surface area contributed by atoms with Gasteiger partial charge in [-0.05, 0) is 31.2 Å². The first-order chi connectivity index (χ1) is 9.06. The van der Waals surface area contributed by atoms with Gasteiger partial charge in [0.1, 0.15) is 0 Å². The van der Waals surface area contributed by atoms with Gasteiger partial charge in [-0.3, -0.25) is 9.69 Å². The van der Waals surface area contributed by atoms with Crippen molar-refractivity contribution in [2.75, 3.05) is 19.6 Å². The molecular formula is C14H20N2O3. The Bertz CT molecular complexity index is 446. The number of hydrogen-bond acceptors (Lipinski definition) is 3. The fourth-order valence-corrected chi connectivity index (χ4v) is 1.80. The molecule has 1 aromatic rings. The van der Waals surface area contributed by atoms with Crippen LogP contribution >= 0.6 is 0 Å². The summed E-state index contributed by atoms with van der Waals surface area (Å²) in [6.07, 6.45) is 0. The summed E-state index contributed by atoms with van der Waals surface area (Å²) < 4.78 is 0. The summed E-state index contributed by atoms with van der Waals surface area (Å²) in [5.41, 5.74) is 1.16. The van der Waals surface area contributed by atoms with Crippen molar-refractivity contribution in [2.24, 2.45) is 0 Å². The van der Waals surface area contributed by atoms with E-state index in [1.54, 1.807) is 18.2 Å². The molecule has 0 unspecified atom stereocenters. The molecule has 0 aliphatic carbocycles. The number of carbonyl (C=O) groups excluding carboxylic acids is 1. The summed E-state index contributed by atoms with van der Waals surface area (Å²) in [6.45, 7) is 6.08. The second-order valence-electron chi connectivity index (χ2n) is 4.26. The third kappa shape index (κ3) is 5.09. The maximum absolute atomic E-state index is 11.5. The van der Waals surface area contributed by atoms with Crippen molar-refractivity contribution < 1.29 is 14.7 Å². The van der Waals surface area contributed by atoms with Crippen LogP contribution in [0.5, 0.6) is 0 Å². The van der Waals surface area contributed by atoms with Gasteiger partial charge in [-0.15, -0.1) is 0 Å². The van der Waals surface area contributed by atoms with Gasteiger partial charge in [-0.2, -0.15) is 0 Å². The zero-order valence-electron chi connectivity index (χ0n) is 11.3. The number of benzene rings is 1. The molecule has 1 rings (SSSR count). The van der Waals surface area contributed by atoms with Gasteiger partial charge in [0.15, 0.2) is 0 Å². The van der Waals surface area contributed by atoms with Gasteiger partial charge < -0.3 is 10.4 Å². The highest BCUT2D eigenvalue weighted by atomic mass is 16.4. The average Bonchev–Trinajstić information content (AvgIpc) is 2.38. The molecule has 0 saturated heterocycles. The molecule has 0 spiro atoms. The number of rotatable bonds is 7. The molecule has 0 saturated carbocycles. The Hall–Kier alpha value is -1.88. The normalized spacial score (nSPS) is 10.5. The molecule has 0 atom stereocenters. The molecule has 0 aromatic heterocycles. The van der Waals surface area contributed by atoms with Gasteiger partial charge in [0.2, 0.25) is 5.91 Å². The number of carboxylic acids is 1. The first kappa shape index (κ1) is 15.2. The minimum Gasteiger partial charge on any atom is -0.478 e. The second kappa shape index (κ2) is 7.53. The number of carboxylic acid groups (broad SMARTS) is 1. The molecule has 5 nitrogen and oxygen atoms in total. The van der Waals surface area contributed by atoms with Crippen LogP contribution in [0.15, 0.2) is 24.3 Å². The third-order valence-corrected chi connectivity index (χ3v) is 2.77. The lowest BCUT2D eigenvalue weighted by atomic mass is 10.1. The van der Waals surface area contributed by atoms with E-state index in [2.05, 4.69) is 5.32 Å². The zero-order valence-corrected chi connectivity index (χ0v) is 11.3. The number of nitrogens with zero attached hydrogens (tertiary/aromatic N) is 1. The Morgan fingerprint density at radius 1 is 1.32 bits per heavy atom. The Morgan fingerprint density at radius 3 is 2.63 bits per heavy atom. The molecule has 0 aliphatic rings. The Labute approximate surface area is 113 Å². The molecule has 0 fully saturated rings. The minimum atomic E-state index is -0.936. The molecule has 0 radical (unpaired) electrons. The smallest absolute Gasteiger partial charge is 0.335 e. The van der Waals surface area contributed by atoms with Gasteiger partial charge in [-0.25, -0.2) is 4.79 Å². The van der Waals surface area contributed by atoms with E-state index in [1.165, 1.54) is 0 Å². The van der Waals surface area contributed by atoms with Crippen LogP contribution in [-0.4, -0.2) is 41.5 Å².